The third kappa shape index (κ3) is 2.65. The van der Waals surface area contributed by atoms with Crippen molar-refractivity contribution in [1.82, 2.24) is 4.31 Å². The van der Waals surface area contributed by atoms with E-state index in [1.54, 1.807) is 17.8 Å². The maximum absolute atomic E-state index is 12.3. The molecule has 0 aromatic carbocycles. The largest absolute Gasteiger partial charge is 0.252 e. The molecule has 1 unspecified atom stereocenters. The summed E-state index contributed by atoms with van der Waals surface area (Å²) in [6.07, 6.45) is 0. The summed E-state index contributed by atoms with van der Waals surface area (Å²) in [7, 11) is -3.40. The second-order valence-electron chi connectivity index (χ2n) is 3.77. The number of nitrogens with zero attached hydrogens (tertiary/aromatic N) is 2. The Balaban J connectivity index is 2.27. The average Bonchev–Trinajstić information content (AvgIpc) is 2.78. The predicted octanol–water partition coefficient (Wildman–Crippen LogP) is 1.75. The highest BCUT2D eigenvalue weighted by Gasteiger charge is 2.30. The standard InChI is InChI=1S/C10H12N2O2S3/c1-8-7-12(4-5-15-8)17(13,14)10-3-2-9(6-11)16-10/h2-3,8H,4-5,7H2,1H3. The Morgan fingerprint density at radius 1 is 1.53 bits per heavy atom. The van der Waals surface area contributed by atoms with Gasteiger partial charge in [0, 0.05) is 24.1 Å². The summed E-state index contributed by atoms with van der Waals surface area (Å²) in [5.74, 6) is 0.830. The Morgan fingerprint density at radius 3 is 2.88 bits per heavy atom. The van der Waals surface area contributed by atoms with E-state index in [0.29, 0.717) is 23.2 Å². The lowest BCUT2D eigenvalue weighted by atomic mass is 10.4. The molecule has 0 bridgehead atoms. The van der Waals surface area contributed by atoms with Crippen molar-refractivity contribution in [1.29, 1.82) is 5.26 Å². The zero-order chi connectivity index (χ0) is 12.5. The molecule has 0 saturated carbocycles. The molecule has 1 atom stereocenters. The lowest BCUT2D eigenvalue weighted by molar-refractivity contribution is 0.425. The lowest BCUT2D eigenvalue weighted by Gasteiger charge is -2.29. The highest BCUT2D eigenvalue weighted by atomic mass is 32.2. The molecule has 0 aliphatic carbocycles. The van der Waals surface area contributed by atoms with Gasteiger partial charge >= 0.3 is 0 Å². The third-order valence-electron chi connectivity index (χ3n) is 2.49. The van der Waals surface area contributed by atoms with E-state index >= 15 is 0 Å². The zero-order valence-corrected chi connectivity index (χ0v) is 11.7. The van der Waals surface area contributed by atoms with Crippen LogP contribution >= 0.6 is 23.1 Å². The maximum Gasteiger partial charge on any atom is 0.252 e. The van der Waals surface area contributed by atoms with Crippen LogP contribution in [0.4, 0.5) is 0 Å². The molecule has 92 valence electrons. The minimum atomic E-state index is -3.40. The fraction of sp³-hybridized carbons (Fsp3) is 0.500. The molecule has 7 heteroatoms. The van der Waals surface area contributed by atoms with Gasteiger partial charge in [-0.25, -0.2) is 8.42 Å². The van der Waals surface area contributed by atoms with Crippen LogP contribution in [0.2, 0.25) is 0 Å². The summed E-state index contributed by atoms with van der Waals surface area (Å²) in [5, 5.41) is 9.05. The van der Waals surface area contributed by atoms with Crippen LogP contribution in [0.15, 0.2) is 16.3 Å². The molecule has 0 radical (unpaired) electrons. The van der Waals surface area contributed by atoms with Gasteiger partial charge in [0.25, 0.3) is 10.0 Å². The first-order valence-electron chi connectivity index (χ1n) is 5.16. The van der Waals surface area contributed by atoms with Gasteiger partial charge in [-0.05, 0) is 12.1 Å². The smallest absolute Gasteiger partial charge is 0.206 e. The number of nitriles is 1. The Bertz CT molecular complexity index is 544. The first-order chi connectivity index (χ1) is 8.04. The van der Waals surface area contributed by atoms with Gasteiger partial charge in [0.1, 0.15) is 15.2 Å². The molecule has 2 heterocycles. The number of hydrogen-bond donors (Lipinski definition) is 0. The van der Waals surface area contributed by atoms with Crippen LogP contribution in [0.3, 0.4) is 0 Å². The summed E-state index contributed by atoms with van der Waals surface area (Å²) in [6.45, 7) is 3.13. The van der Waals surface area contributed by atoms with Crippen LogP contribution in [0, 0.1) is 11.3 Å². The second kappa shape index (κ2) is 4.98. The summed E-state index contributed by atoms with van der Waals surface area (Å²) in [6, 6.07) is 5.04. The van der Waals surface area contributed by atoms with Crippen LogP contribution in [0.5, 0.6) is 0 Å². The van der Waals surface area contributed by atoms with E-state index in [1.807, 2.05) is 13.0 Å². The zero-order valence-electron chi connectivity index (χ0n) is 9.29. The highest BCUT2D eigenvalue weighted by Crippen LogP contribution is 2.28. The molecule has 1 aliphatic rings. The van der Waals surface area contributed by atoms with Gasteiger partial charge in [0.15, 0.2) is 0 Å². The van der Waals surface area contributed by atoms with Crippen molar-refractivity contribution < 1.29 is 8.42 Å². The summed E-state index contributed by atoms with van der Waals surface area (Å²) < 4.78 is 26.3. The van der Waals surface area contributed by atoms with Gasteiger partial charge in [-0.2, -0.15) is 21.3 Å². The predicted molar refractivity (Wildman–Crippen MR) is 69.7 cm³/mol. The molecule has 4 nitrogen and oxygen atoms in total. The number of thiophene rings is 1. The van der Waals surface area contributed by atoms with Gasteiger partial charge in [-0.1, -0.05) is 6.92 Å². The first-order valence-corrected chi connectivity index (χ1v) is 8.46. The van der Waals surface area contributed by atoms with Gasteiger partial charge in [0.2, 0.25) is 0 Å². The van der Waals surface area contributed by atoms with E-state index < -0.39 is 10.0 Å². The SMILES string of the molecule is CC1CN(S(=O)(=O)c2ccc(C#N)s2)CCS1. The fourth-order valence-corrected chi connectivity index (χ4v) is 5.66. The van der Waals surface area contributed by atoms with Crippen LogP contribution < -0.4 is 0 Å². The second-order valence-corrected chi connectivity index (χ2v) is 8.57. The minimum absolute atomic E-state index is 0.271. The van der Waals surface area contributed by atoms with E-state index in [2.05, 4.69) is 0 Å². The Labute approximate surface area is 109 Å². The normalized spacial score (nSPS) is 22.2. The maximum atomic E-state index is 12.3. The average molecular weight is 288 g/mol. The van der Waals surface area contributed by atoms with Crippen LogP contribution in [-0.4, -0.2) is 36.8 Å². The van der Waals surface area contributed by atoms with Crippen molar-refractivity contribution in [2.75, 3.05) is 18.8 Å². The summed E-state index contributed by atoms with van der Waals surface area (Å²) in [4.78, 5) is 0.433. The molecular formula is C10H12N2O2S3. The quantitative estimate of drug-likeness (QED) is 0.832. The molecule has 0 amide bonds. The molecule has 1 saturated heterocycles. The molecule has 1 aliphatic heterocycles. The molecule has 1 fully saturated rings. The Hall–Kier alpha value is -0.550. The van der Waals surface area contributed by atoms with Gasteiger partial charge in [-0.3, -0.25) is 0 Å². The van der Waals surface area contributed by atoms with Crippen LogP contribution in [0.1, 0.15) is 11.8 Å². The van der Waals surface area contributed by atoms with E-state index in [9.17, 15) is 8.42 Å². The lowest BCUT2D eigenvalue weighted by Crippen LogP contribution is -2.40. The first kappa shape index (κ1) is 12.9. The number of sulfonamides is 1. The number of hydrogen-bond acceptors (Lipinski definition) is 5. The third-order valence-corrected chi connectivity index (χ3v) is 6.95. The van der Waals surface area contributed by atoms with Crippen LogP contribution in [-0.2, 0) is 10.0 Å². The minimum Gasteiger partial charge on any atom is -0.206 e. The topological polar surface area (TPSA) is 61.2 Å². The van der Waals surface area contributed by atoms with Crippen molar-refractivity contribution in [3.63, 3.8) is 0 Å². The molecule has 0 spiro atoms. The van der Waals surface area contributed by atoms with Gasteiger partial charge in [0.05, 0.1) is 0 Å². The summed E-state index contributed by atoms with van der Waals surface area (Å²) in [5.41, 5.74) is 0. The number of thioether (sulfide) groups is 1. The van der Waals surface area contributed by atoms with E-state index in [4.69, 9.17) is 5.26 Å². The monoisotopic (exact) mass is 288 g/mol. The van der Waals surface area contributed by atoms with Crippen molar-refractivity contribution in [2.24, 2.45) is 0 Å². The summed E-state index contributed by atoms with van der Waals surface area (Å²) >= 11 is 2.82. The fourth-order valence-electron chi connectivity index (χ4n) is 1.65. The van der Waals surface area contributed by atoms with E-state index in [0.717, 1.165) is 17.1 Å². The molecule has 1 aromatic rings. The molecule has 17 heavy (non-hydrogen) atoms. The van der Waals surface area contributed by atoms with Gasteiger partial charge in [-0.15, -0.1) is 11.3 Å². The van der Waals surface area contributed by atoms with Crippen molar-refractivity contribution >= 4 is 33.1 Å². The Morgan fingerprint density at radius 2 is 2.29 bits per heavy atom. The molecule has 1 aromatic heterocycles. The van der Waals surface area contributed by atoms with Crippen molar-refractivity contribution in [3.05, 3.63) is 17.0 Å². The Kier molecular flexibility index (Phi) is 3.78. The highest BCUT2D eigenvalue weighted by molar-refractivity contribution is 8.00. The van der Waals surface area contributed by atoms with E-state index in [-0.39, 0.29) is 4.21 Å². The van der Waals surface area contributed by atoms with E-state index in [1.165, 1.54) is 10.4 Å². The molecule has 0 N–H and O–H groups in total. The molecule has 2 rings (SSSR count). The van der Waals surface area contributed by atoms with Crippen molar-refractivity contribution in [2.45, 2.75) is 16.4 Å². The van der Waals surface area contributed by atoms with Crippen LogP contribution in [0.25, 0.3) is 0 Å². The van der Waals surface area contributed by atoms with Crippen molar-refractivity contribution in [3.8, 4) is 6.07 Å². The van der Waals surface area contributed by atoms with Gasteiger partial charge < -0.3 is 0 Å². The number of rotatable bonds is 2. The molecular weight excluding hydrogens is 276 g/mol.